The van der Waals surface area contributed by atoms with E-state index in [9.17, 15) is 13.2 Å². The number of hydrogen-bond acceptors (Lipinski definition) is 5. The largest absolute Gasteiger partial charge is 0.467 e. The van der Waals surface area contributed by atoms with E-state index in [4.69, 9.17) is 4.55 Å². The van der Waals surface area contributed by atoms with E-state index < -0.39 is 27.9 Å². The van der Waals surface area contributed by atoms with Crippen LogP contribution in [-0.4, -0.2) is 37.8 Å². The smallest absolute Gasteiger partial charge is 0.329 e. The van der Waals surface area contributed by atoms with Crippen LogP contribution in [0, 0.1) is 6.92 Å². The van der Waals surface area contributed by atoms with Crippen LogP contribution in [0.2, 0.25) is 0 Å². The average molecular weight is 273 g/mol. The fourth-order valence-corrected chi connectivity index (χ4v) is 2.01. The number of methoxy groups -OCH3 is 1. The molecule has 6 nitrogen and oxygen atoms in total. The SMILES string of the molecule is COC(=O)[C@H](CS(=O)(=O)O)Nc1ccc(C)cc1. The molecule has 0 aliphatic rings. The van der Waals surface area contributed by atoms with Gasteiger partial charge in [-0.15, -0.1) is 0 Å². The van der Waals surface area contributed by atoms with E-state index >= 15 is 0 Å². The van der Waals surface area contributed by atoms with Crippen molar-refractivity contribution in [2.45, 2.75) is 13.0 Å². The molecule has 0 saturated heterocycles. The van der Waals surface area contributed by atoms with Gasteiger partial charge in [-0.2, -0.15) is 8.42 Å². The molecule has 0 aliphatic carbocycles. The lowest BCUT2D eigenvalue weighted by molar-refractivity contribution is -0.141. The summed E-state index contributed by atoms with van der Waals surface area (Å²) < 4.78 is 34.9. The molecule has 1 aromatic carbocycles. The number of carbonyl (C=O) groups is 1. The molecule has 0 aliphatic heterocycles. The molecule has 1 rings (SSSR count). The Hall–Kier alpha value is -1.60. The summed E-state index contributed by atoms with van der Waals surface area (Å²) in [4.78, 5) is 11.4. The van der Waals surface area contributed by atoms with Gasteiger partial charge in [0.1, 0.15) is 11.8 Å². The van der Waals surface area contributed by atoms with Crippen LogP contribution in [-0.2, 0) is 19.6 Å². The van der Waals surface area contributed by atoms with Crippen molar-refractivity contribution in [3.8, 4) is 0 Å². The molecule has 1 atom stereocenters. The van der Waals surface area contributed by atoms with Gasteiger partial charge in [0.05, 0.1) is 7.11 Å². The molecule has 0 saturated carbocycles. The highest BCUT2D eigenvalue weighted by Gasteiger charge is 2.24. The Labute approximate surface area is 106 Å². The number of hydrogen-bond donors (Lipinski definition) is 2. The normalized spacial score (nSPS) is 12.8. The van der Waals surface area contributed by atoms with Crippen LogP contribution in [0.25, 0.3) is 0 Å². The standard InChI is InChI=1S/C11H15NO5S/c1-8-3-5-9(6-4-8)12-10(11(13)17-2)7-18(14,15)16/h3-6,10,12H,7H2,1-2H3,(H,14,15,16)/t10-/m0/s1. The minimum Gasteiger partial charge on any atom is -0.467 e. The number of nitrogens with one attached hydrogen (secondary N) is 1. The first kappa shape index (κ1) is 14.5. The van der Waals surface area contributed by atoms with Crippen LogP contribution in [0.15, 0.2) is 24.3 Å². The highest BCUT2D eigenvalue weighted by Crippen LogP contribution is 2.11. The lowest BCUT2D eigenvalue weighted by atomic mass is 10.2. The van der Waals surface area contributed by atoms with Crippen LogP contribution >= 0.6 is 0 Å². The molecule has 18 heavy (non-hydrogen) atoms. The highest BCUT2D eigenvalue weighted by molar-refractivity contribution is 7.85. The fraction of sp³-hybridized carbons (Fsp3) is 0.364. The van der Waals surface area contributed by atoms with Crippen LogP contribution in [0.1, 0.15) is 5.56 Å². The fourth-order valence-electron chi connectivity index (χ4n) is 1.37. The summed E-state index contributed by atoms with van der Waals surface area (Å²) in [6, 6.07) is 5.88. The molecule has 0 radical (unpaired) electrons. The van der Waals surface area contributed by atoms with Crippen LogP contribution < -0.4 is 5.32 Å². The molecule has 0 heterocycles. The van der Waals surface area contributed by atoms with Crippen molar-refractivity contribution in [3.05, 3.63) is 29.8 Å². The summed E-state index contributed by atoms with van der Waals surface area (Å²) in [6.45, 7) is 1.90. The van der Waals surface area contributed by atoms with Gasteiger partial charge in [-0.05, 0) is 19.1 Å². The maximum absolute atomic E-state index is 11.4. The topological polar surface area (TPSA) is 92.7 Å². The number of aryl methyl sites for hydroxylation is 1. The zero-order chi connectivity index (χ0) is 13.8. The first-order valence-corrected chi connectivity index (χ1v) is 6.79. The second kappa shape index (κ2) is 5.83. The summed E-state index contributed by atoms with van der Waals surface area (Å²) >= 11 is 0. The molecule has 0 fully saturated rings. The summed E-state index contributed by atoms with van der Waals surface area (Å²) in [5.74, 6) is -1.50. The second-order valence-electron chi connectivity index (χ2n) is 3.83. The van der Waals surface area contributed by atoms with Gasteiger partial charge in [0.25, 0.3) is 10.1 Å². The third kappa shape index (κ3) is 4.72. The van der Waals surface area contributed by atoms with Gasteiger partial charge in [-0.3, -0.25) is 4.55 Å². The highest BCUT2D eigenvalue weighted by atomic mass is 32.2. The molecule has 100 valence electrons. The summed E-state index contributed by atoms with van der Waals surface area (Å²) in [7, 11) is -3.12. The van der Waals surface area contributed by atoms with Gasteiger partial charge < -0.3 is 10.1 Å². The van der Waals surface area contributed by atoms with Gasteiger partial charge in [0, 0.05) is 5.69 Å². The van der Waals surface area contributed by atoms with Gasteiger partial charge in [0.15, 0.2) is 0 Å². The minimum atomic E-state index is -4.27. The van der Waals surface area contributed by atoms with E-state index in [1.165, 1.54) is 0 Å². The Morgan fingerprint density at radius 3 is 2.39 bits per heavy atom. The second-order valence-corrected chi connectivity index (χ2v) is 5.33. The molecule has 0 unspecified atom stereocenters. The van der Waals surface area contributed by atoms with Crippen molar-refractivity contribution < 1.29 is 22.5 Å². The number of rotatable bonds is 5. The van der Waals surface area contributed by atoms with Crippen LogP contribution in [0.5, 0.6) is 0 Å². The summed E-state index contributed by atoms with van der Waals surface area (Å²) in [5.41, 5.74) is 1.60. The third-order valence-electron chi connectivity index (χ3n) is 2.26. The lowest BCUT2D eigenvalue weighted by Gasteiger charge is -2.16. The van der Waals surface area contributed by atoms with E-state index in [0.29, 0.717) is 5.69 Å². The predicted molar refractivity (Wildman–Crippen MR) is 67.0 cm³/mol. The Morgan fingerprint density at radius 2 is 1.94 bits per heavy atom. The van der Waals surface area contributed by atoms with E-state index in [1.807, 2.05) is 19.1 Å². The van der Waals surface area contributed by atoms with Crippen molar-refractivity contribution in [2.75, 3.05) is 18.2 Å². The zero-order valence-electron chi connectivity index (χ0n) is 10.1. The van der Waals surface area contributed by atoms with E-state index in [2.05, 4.69) is 10.1 Å². The summed E-state index contributed by atoms with van der Waals surface area (Å²) in [6.07, 6.45) is 0. The average Bonchev–Trinajstić information content (AvgIpc) is 2.28. The van der Waals surface area contributed by atoms with Crippen molar-refractivity contribution in [1.82, 2.24) is 0 Å². The third-order valence-corrected chi connectivity index (χ3v) is 3.01. The number of esters is 1. The summed E-state index contributed by atoms with van der Waals surface area (Å²) in [5, 5.41) is 2.70. The van der Waals surface area contributed by atoms with Crippen molar-refractivity contribution in [2.24, 2.45) is 0 Å². The molecule has 0 spiro atoms. The molecule has 2 N–H and O–H groups in total. The monoisotopic (exact) mass is 273 g/mol. The lowest BCUT2D eigenvalue weighted by Crippen LogP contribution is -2.37. The Morgan fingerprint density at radius 1 is 1.39 bits per heavy atom. The molecule has 7 heteroatoms. The molecule has 1 aromatic rings. The number of benzene rings is 1. The maximum Gasteiger partial charge on any atom is 0.329 e. The number of carbonyl (C=O) groups excluding carboxylic acids is 1. The van der Waals surface area contributed by atoms with E-state index in [1.54, 1.807) is 12.1 Å². The first-order chi connectivity index (χ1) is 8.31. The maximum atomic E-state index is 11.4. The molecule has 0 amide bonds. The molecular weight excluding hydrogens is 258 g/mol. The van der Waals surface area contributed by atoms with Crippen molar-refractivity contribution in [3.63, 3.8) is 0 Å². The Balaban J connectivity index is 2.84. The molecule has 0 aromatic heterocycles. The molecular formula is C11H15NO5S. The first-order valence-electron chi connectivity index (χ1n) is 5.18. The van der Waals surface area contributed by atoms with E-state index in [-0.39, 0.29) is 0 Å². The number of anilines is 1. The van der Waals surface area contributed by atoms with Crippen LogP contribution in [0.3, 0.4) is 0 Å². The van der Waals surface area contributed by atoms with E-state index in [0.717, 1.165) is 12.7 Å². The Kier molecular flexibility index (Phi) is 4.69. The number of ether oxygens (including phenoxy) is 1. The van der Waals surface area contributed by atoms with Crippen molar-refractivity contribution in [1.29, 1.82) is 0 Å². The van der Waals surface area contributed by atoms with Gasteiger partial charge in [-0.1, -0.05) is 17.7 Å². The predicted octanol–water partition coefficient (Wildman–Crippen LogP) is 0.836. The zero-order valence-corrected chi connectivity index (χ0v) is 10.9. The van der Waals surface area contributed by atoms with Crippen molar-refractivity contribution >= 4 is 21.8 Å². The van der Waals surface area contributed by atoms with Gasteiger partial charge in [0.2, 0.25) is 0 Å². The quantitative estimate of drug-likeness (QED) is 0.610. The van der Waals surface area contributed by atoms with Gasteiger partial charge in [-0.25, -0.2) is 4.79 Å². The van der Waals surface area contributed by atoms with Gasteiger partial charge >= 0.3 is 5.97 Å². The molecule has 0 bridgehead atoms. The van der Waals surface area contributed by atoms with Crippen LogP contribution in [0.4, 0.5) is 5.69 Å². The Bertz CT molecular complexity index is 509. The minimum absolute atomic E-state index is 0.569.